The number of benzene rings is 2. The van der Waals surface area contributed by atoms with Crippen molar-refractivity contribution >= 4 is 34.1 Å². The van der Waals surface area contributed by atoms with E-state index in [1.165, 1.54) is 13.2 Å². The number of anilines is 1. The molecule has 152 valence electrons. The molecular formula is C22H23ClN2O4. The molecule has 1 aromatic heterocycles. The number of aryl methyl sites for hydroxylation is 2. The summed E-state index contributed by atoms with van der Waals surface area (Å²) < 4.78 is 12.7. The number of carbonyl (C=O) groups excluding carboxylic acids is 1. The van der Waals surface area contributed by atoms with Crippen molar-refractivity contribution < 1.29 is 14.3 Å². The Morgan fingerprint density at radius 1 is 1.17 bits per heavy atom. The van der Waals surface area contributed by atoms with Crippen molar-refractivity contribution in [1.29, 1.82) is 0 Å². The number of hydrogen-bond acceptors (Lipinski definition) is 4. The molecule has 0 radical (unpaired) electrons. The van der Waals surface area contributed by atoms with Gasteiger partial charge in [-0.3, -0.25) is 9.59 Å². The molecule has 2 aromatic carbocycles. The molecule has 0 aliphatic carbocycles. The molecule has 3 aromatic rings. The van der Waals surface area contributed by atoms with E-state index in [9.17, 15) is 9.59 Å². The summed E-state index contributed by atoms with van der Waals surface area (Å²) in [7, 11) is 3.25. The van der Waals surface area contributed by atoms with Crippen LogP contribution < -0.4 is 20.3 Å². The van der Waals surface area contributed by atoms with E-state index in [1.807, 2.05) is 31.2 Å². The highest BCUT2D eigenvalue weighted by Gasteiger charge is 2.11. The summed E-state index contributed by atoms with van der Waals surface area (Å²) in [5.74, 6) is 0.887. The summed E-state index contributed by atoms with van der Waals surface area (Å²) in [6, 6.07) is 12.5. The van der Waals surface area contributed by atoms with Crippen LogP contribution in [0.15, 0.2) is 47.3 Å². The summed E-state index contributed by atoms with van der Waals surface area (Å²) in [6.07, 6.45) is 0.776. The highest BCUT2D eigenvalue weighted by Crippen LogP contribution is 2.31. The topological polar surface area (TPSA) is 69.6 Å². The van der Waals surface area contributed by atoms with Crippen molar-refractivity contribution in [3.63, 3.8) is 0 Å². The smallest absolute Gasteiger partial charge is 0.254 e. The van der Waals surface area contributed by atoms with Gasteiger partial charge in [0.25, 0.3) is 5.56 Å². The van der Waals surface area contributed by atoms with Crippen LogP contribution in [-0.4, -0.2) is 24.2 Å². The Bertz CT molecular complexity index is 1110. The Balaban J connectivity index is 1.60. The second kappa shape index (κ2) is 9.01. The second-order valence-electron chi connectivity index (χ2n) is 6.72. The van der Waals surface area contributed by atoms with Crippen LogP contribution in [0.3, 0.4) is 0 Å². The number of pyridine rings is 1. The van der Waals surface area contributed by atoms with Gasteiger partial charge in [-0.15, -0.1) is 0 Å². The average Bonchev–Trinajstić information content (AvgIpc) is 2.71. The quantitative estimate of drug-likeness (QED) is 0.585. The molecule has 0 spiro atoms. The molecule has 29 heavy (non-hydrogen) atoms. The van der Waals surface area contributed by atoms with Crippen LogP contribution in [0.5, 0.6) is 11.5 Å². The number of rotatable bonds is 7. The molecule has 0 aliphatic heterocycles. The van der Waals surface area contributed by atoms with E-state index < -0.39 is 0 Å². The molecule has 1 amide bonds. The number of amides is 1. The summed E-state index contributed by atoms with van der Waals surface area (Å²) in [6.45, 7) is 2.18. The minimum absolute atomic E-state index is 0.137. The fraction of sp³-hybridized carbons (Fsp3) is 0.273. The van der Waals surface area contributed by atoms with Crippen LogP contribution in [0.1, 0.15) is 18.4 Å². The minimum Gasteiger partial charge on any atom is -0.495 e. The first-order chi connectivity index (χ1) is 13.9. The Hall–Kier alpha value is -2.99. The van der Waals surface area contributed by atoms with Gasteiger partial charge in [0, 0.05) is 36.0 Å². The van der Waals surface area contributed by atoms with E-state index in [4.69, 9.17) is 21.1 Å². The van der Waals surface area contributed by atoms with Crippen LogP contribution in [0, 0.1) is 6.92 Å². The number of nitrogens with zero attached hydrogens (tertiary/aromatic N) is 1. The molecule has 0 aliphatic rings. The van der Waals surface area contributed by atoms with Crippen molar-refractivity contribution in [1.82, 2.24) is 4.57 Å². The molecule has 7 heteroatoms. The first-order valence-corrected chi connectivity index (χ1v) is 9.64. The highest BCUT2D eigenvalue weighted by molar-refractivity contribution is 6.31. The SMILES string of the molecule is COc1cc(Cl)c(C)cc1NC(=O)CCCOc1cc(=O)n(C)c2ccccc12. The van der Waals surface area contributed by atoms with Gasteiger partial charge < -0.3 is 19.4 Å². The van der Waals surface area contributed by atoms with Gasteiger partial charge in [-0.05, 0) is 37.1 Å². The van der Waals surface area contributed by atoms with Gasteiger partial charge in [0.05, 0.1) is 24.9 Å². The highest BCUT2D eigenvalue weighted by atomic mass is 35.5. The second-order valence-corrected chi connectivity index (χ2v) is 7.13. The molecule has 1 heterocycles. The Morgan fingerprint density at radius 3 is 2.69 bits per heavy atom. The number of nitrogens with one attached hydrogen (secondary N) is 1. The maximum atomic E-state index is 12.3. The number of halogens is 1. The molecule has 0 saturated carbocycles. The molecule has 0 bridgehead atoms. The molecule has 6 nitrogen and oxygen atoms in total. The average molecular weight is 415 g/mol. The number of ether oxygens (including phenoxy) is 2. The number of hydrogen-bond donors (Lipinski definition) is 1. The van der Waals surface area contributed by atoms with Gasteiger partial charge in [0.1, 0.15) is 11.5 Å². The van der Waals surface area contributed by atoms with Gasteiger partial charge in [-0.1, -0.05) is 23.7 Å². The first-order valence-electron chi connectivity index (χ1n) is 9.26. The Labute approximate surface area is 174 Å². The van der Waals surface area contributed by atoms with E-state index in [1.54, 1.807) is 23.7 Å². The normalized spacial score (nSPS) is 10.8. The van der Waals surface area contributed by atoms with Crippen LogP contribution in [0.2, 0.25) is 5.02 Å². The van der Waals surface area contributed by atoms with Gasteiger partial charge >= 0.3 is 0 Å². The van der Waals surface area contributed by atoms with E-state index in [0.29, 0.717) is 35.2 Å². The van der Waals surface area contributed by atoms with Gasteiger partial charge in [0.15, 0.2) is 0 Å². The lowest BCUT2D eigenvalue weighted by Gasteiger charge is -2.13. The fourth-order valence-electron chi connectivity index (χ4n) is 3.06. The van der Waals surface area contributed by atoms with Crippen molar-refractivity contribution in [3.8, 4) is 11.5 Å². The number of para-hydroxylation sites is 1. The Morgan fingerprint density at radius 2 is 1.93 bits per heavy atom. The van der Waals surface area contributed by atoms with Crippen LogP contribution in [0.25, 0.3) is 10.9 Å². The number of methoxy groups -OCH3 is 1. The maximum absolute atomic E-state index is 12.3. The molecule has 0 unspecified atom stereocenters. The monoisotopic (exact) mass is 414 g/mol. The lowest BCUT2D eigenvalue weighted by Crippen LogP contribution is -2.17. The fourth-order valence-corrected chi connectivity index (χ4v) is 3.21. The van der Waals surface area contributed by atoms with Gasteiger partial charge in [-0.2, -0.15) is 0 Å². The lowest BCUT2D eigenvalue weighted by molar-refractivity contribution is -0.116. The maximum Gasteiger partial charge on any atom is 0.254 e. The third-order valence-corrected chi connectivity index (χ3v) is 5.08. The number of carbonyl (C=O) groups is 1. The first kappa shape index (κ1) is 20.7. The van der Waals surface area contributed by atoms with Crippen molar-refractivity contribution in [2.24, 2.45) is 7.05 Å². The summed E-state index contributed by atoms with van der Waals surface area (Å²) >= 11 is 6.09. The molecular weight excluding hydrogens is 392 g/mol. The third kappa shape index (κ3) is 4.71. The van der Waals surface area contributed by atoms with Crippen LogP contribution in [0.4, 0.5) is 5.69 Å². The van der Waals surface area contributed by atoms with E-state index in [0.717, 1.165) is 16.5 Å². The van der Waals surface area contributed by atoms with E-state index in [2.05, 4.69) is 5.32 Å². The van der Waals surface area contributed by atoms with Crippen molar-refractivity contribution in [3.05, 3.63) is 63.4 Å². The predicted molar refractivity (Wildman–Crippen MR) is 115 cm³/mol. The van der Waals surface area contributed by atoms with Gasteiger partial charge in [-0.25, -0.2) is 0 Å². The summed E-state index contributed by atoms with van der Waals surface area (Å²) in [5.41, 5.74) is 2.10. The number of aromatic nitrogens is 1. The summed E-state index contributed by atoms with van der Waals surface area (Å²) in [5, 5.41) is 4.28. The van der Waals surface area contributed by atoms with E-state index >= 15 is 0 Å². The summed E-state index contributed by atoms with van der Waals surface area (Å²) in [4.78, 5) is 24.4. The molecule has 1 N–H and O–H groups in total. The lowest BCUT2D eigenvalue weighted by atomic mass is 10.2. The molecule has 0 atom stereocenters. The molecule has 0 saturated heterocycles. The molecule has 3 rings (SSSR count). The predicted octanol–water partition coefficient (Wildman–Crippen LogP) is 4.31. The van der Waals surface area contributed by atoms with E-state index in [-0.39, 0.29) is 17.9 Å². The number of fused-ring (bicyclic) bond motifs is 1. The molecule has 0 fully saturated rings. The third-order valence-electron chi connectivity index (χ3n) is 4.68. The van der Waals surface area contributed by atoms with Crippen LogP contribution >= 0.6 is 11.6 Å². The minimum atomic E-state index is -0.151. The Kier molecular flexibility index (Phi) is 6.44. The zero-order chi connectivity index (χ0) is 21.0. The zero-order valence-corrected chi connectivity index (χ0v) is 17.4. The van der Waals surface area contributed by atoms with Crippen molar-refractivity contribution in [2.75, 3.05) is 19.0 Å². The zero-order valence-electron chi connectivity index (χ0n) is 16.6. The van der Waals surface area contributed by atoms with Crippen LogP contribution in [-0.2, 0) is 11.8 Å². The van der Waals surface area contributed by atoms with Crippen molar-refractivity contribution in [2.45, 2.75) is 19.8 Å². The largest absolute Gasteiger partial charge is 0.495 e. The standard InChI is InChI=1S/C22H23ClN2O4/c1-14-11-17(20(28-3)12-16(14)23)24-21(26)9-6-10-29-19-13-22(27)25(2)18-8-5-4-7-15(18)19/h4-5,7-8,11-13H,6,9-10H2,1-3H3,(H,24,26). The van der Waals surface area contributed by atoms with Gasteiger partial charge in [0.2, 0.25) is 5.91 Å².